The fourth-order valence-electron chi connectivity index (χ4n) is 1.54. The normalized spacial score (nSPS) is 10.1. The lowest BCUT2D eigenvalue weighted by Gasteiger charge is -2.04. The van der Waals surface area contributed by atoms with Crippen LogP contribution in [-0.2, 0) is 7.05 Å². The van der Waals surface area contributed by atoms with E-state index in [1.807, 2.05) is 6.07 Å². The number of hydrogen-bond acceptors (Lipinski definition) is 4. The molecule has 0 aliphatic rings. The molecule has 2 aromatic rings. The first-order valence-corrected chi connectivity index (χ1v) is 5.44. The van der Waals surface area contributed by atoms with E-state index in [9.17, 15) is 4.79 Å². The maximum absolute atomic E-state index is 11.8. The van der Waals surface area contributed by atoms with E-state index >= 15 is 0 Å². The smallest absolute Gasteiger partial charge is 0.251 e. The predicted octanol–water partition coefficient (Wildman–Crippen LogP) is 0.793. The topological polar surface area (TPSA) is 72.7 Å². The van der Waals surface area contributed by atoms with E-state index in [4.69, 9.17) is 0 Å². The van der Waals surface area contributed by atoms with E-state index in [0.29, 0.717) is 17.9 Å². The molecular weight excluding hydrogens is 230 g/mol. The van der Waals surface area contributed by atoms with Crippen LogP contribution in [0.25, 0.3) is 11.4 Å². The van der Waals surface area contributed by atoms with Crippen molar-refractivity contribution in [1.82, 2.24) is 25.5 Å². The summed E-state index contributed by atoms with van der Waals surface area (Å²) in [5.41, 5.74) is 1.37. The van der Waals surface area contributed by atoms with Gasteiger partial charge < -0.3 is 5.32 Å². The van der Waals surface area contributed by atoms with Gasteiger partial charge in [0.05, 0.1) is 0 Å². The summed E-state index contributed by atoms with van der Waals surface area (Å²) in [6, 6.07) is 7.15. The minimum atomic E-state index is -0.146. The van der Waals surface area contributed by atoms with Crippen LogP contribution < -0.4 is 5.32 Å². The zero-order chi connectivity index (χ0) is 13.0. The van der Waals surface area contributed by atoms with Gasteiger partial charge in [-0.05, 0) is 22.6 Å². The van der Waals surface area contributed by atoms with E-state index in [1.165, 1.54) is 0 Å². The fourth-order valence-corrected chi connectivity index (χ4v) is 1.54. The van der Waals surface area contributed by atoms with Gasteiger partial charge in [-0.2, -0.15) is 0 Å². The molecule has 0 fully saturated rings. The van der Waals surface area contributed by atoms with Crippen molar-refractivity contribution in [2.45, 2.75) is 0 Å². The largest absolute Gasteiger partial charge is 0.349 e. The second-order valence-electron chi connectivity index (χ2n) is 3.71. The van der Waals surface area contributed by atoms with Crippen molar-refractivity contribution < 1.29 is 4.79 Å². The Hall–Kier alpha value is -2.50. The lowest BCUT2D eigenvalue weighted by atomic mass is 10.1. The number of carbonyl (C=O) groups excluding carboxylic acids is 1. The summed E-state index contributed by atoms with van der Waals surface area (Å²) in [6.07, 6.45) is 1.63. The van der Waals surface area contributed by atoms with Crippen LogP contribution >= 0.6 is 0 Å². The highest BCUT2D eigenvalue weighted by Gasteiger charge is 2.09. The molecule has 1 aromatic carbocycles. The summed E-state index contributed by atoms with van der Waals surface area (Å²) in [5.74, 6) is 0.472. The molecule has 1 aromatic heterocycles. The third-order valence-electron chi connectivity index (χ3n) is 2.41. The Morgan fingerprint density at radius 1 is 1.56 bits per heavy atom. The number of rotatable bonds is 4. The maximum atomic E-state index is 11.8. The van der Waals surface area contributed by atoms with Gasteiger partial charge in [0.1, 0.15) is 0 Å². The van der Waals surface area contributed by atoms with Crippen LogP contribution in [0.3, 0.4) is 0 Å². The van der Waals surface area contributed by atoms with E-state index < -0.39 is 0 Å². The molecule has 0 atom stereocenters. The Morgan fingerprint density at radius 3 is 3.06 bits per heavy atom. The molecule has 0 spiro atoms. The number of aromatic nitrogens is 4. The van der Waals surface area contributed by atoms with Crippen molar-refractivity contribution >= 4 is 5.91 Å². The van der Waals surface area contributed by atoms with Crippen LogP contribution in [0.2, 0.25) is 0 Å². The Balaban J connectivity index is 2.28. The number of hydrogen-bond donors (Lipinski definition) is 1. The second-order valence-corrected chi connectivity index (χ2v) is 3.71. The van der Waals surface area contributed by atoms with Crippen LogP contribution in [0.15, 0.2) is 36.9 Å². The Kier molecular flexibility index (Phi) is 3.47. The number of aryl methyl sites for hydroxylation is 1. The highest BCUT2D eigenvalue weighted by Crippen LogP contribution is 2.16. The van der Waals surface area contributed by atoms with Crippen LogP contribution in [0.5, 0.6) is 0 Å². The molecule has 1 amide bonds. The van der Waals surface area contributed by atoms with Crippen molar-refractivity contribution in [3.05, 3.63) is 42.5 Å². The van der Waals surface area contributed by atoms with Crippen molar-refractivity contribution in [1.29, 1.82) is 0 Å². The van der Waals surface area contributed by atoms with Gasteiger partial charge in [-0.3, -0.25) is 4.79 Å². The summed E-state index contributed by atoms with van der Waals surface area (Å²) in [5, 5.41) is 14.0. The van der Waals surface area contributed by atoms with Gasteiger partial charge in [0.25, 0.3) is 5.91 Å². The van der Waals surface area contributed by atoms with Gasteiger partial charge in [-0.25, -0.2) is 4.68 Å². The number of nitrogens with zero attached hydrogens (tertiary/aromatic N) is 4. The van der Waals surface area contributed by atoms with Crippen molar-refractivity contribution in [2.75, 3.05) is 6.54 Å². The van der Waals surface area contributed by atoms with Crippen molar-refractivity contribution in [2.24, 2.45) is 7.05 Å². The first-order valence-electron chi connectivity index (χ1n) is 5.44. The quantitative estimate of drug-likeness (QED) is 0.806. The monoisotopic (exact) mass is 243 g/mol. The predicted molar refractivity (Wildman–Crippen MR) is 66.8 cm³/mol. The van der Waals surface area contributed by atoms with E-state index in [0.717, 1.165) is 5.56 Å². The van der Waals surface area contributed by atoms with E-state index in [2.05, 4.69) is 27.4 Å². The van der Waals surface area contributed by atoms with Gasteiger partial charge in [-0.15, -0.1) is 11.7 Å². The van der Waals surface area contributed by atoms with Gasteiger partial charge in [0.15, 0.2) is 5.82 Å². The molecule has 6 heteroatoms. The average molecular weight is 243 g/mol. The third kappa shape index (κ3) is 2.42. The van der Waals surface area contributed by atoms with Crippen LogP contribution in [0, 0.1) is 0 Å². The minimum Gasteiger partial charge on any atom is -0.349 e. The Morgan fingerprint density at radius 2 is 2.39 bits per heavy atom. The van der Waals surface area contributed by atoms with Gasteiger partial charge in [-0.1, -0.05) is 18.2 Å². The molecular formula is C12H13N5O. The molecule has 0 unspecified atom stereocenters. The number of carbonyl (C=O) groups is 1. The average Bonchev–Trinajstić information content (AvgIpc) is 2.82. The first kappa shape index (κ1) is 12.0. The Labute approximate surface area is 104 Å². The maximum Gasteiger partial charge on any atom is 0.251 e. The third-order valence-corrected chi connectivity index (χ3v) is 2.41. The standard InChI is InChI=1S/C12H13N5O/c1-3-7-13-12(18)10-6-4-5-9(8-10)11-14-15-16-17(11)2/h3-6,8H,1,7H2,2H3,(H,13,18). The summed E-state index contributed by atoms with van der Waals surface area (Å²) in [7, 11) is 1.75. The SMILES string of the molecule is C=CCNC(=O)c1cccc(-c2nnnn2C)c1. The van der Waals surface area contributed by atoms with Crippen molar-refractivity contribution in [3.8, 4) is 11.4 Å². The molecule has 0 radical (unpaired) electrons. The second kappa shape index (κ2) is 5.22. The van der Waals surface area contributed by atoms with Gasteiger partial charge in [0, 0.05) is 24.7 Å². The van der Waals surface area contributed by atoms with E-state index in [-0.39, 0.29) is 5.91 Å². The molecule has 2 rings (SSSR count). The van der Waals surface area contributed by atoms with Gasteiger partial charge >= 0.3 is 0 Å². The van der Waals surface area contributed by atoms with Crippen LogP contribution in [-0.4, -0.2) is 32.7 Å². The lowest BCUT2D eigenvalue weighted by molar-refractivity contribution is 0.0958. The number of nitrogens with one attached hydrogen (secondary N) is 1. The number of amides is 1. The van der Waals surface area contributed by atoms with Crippen molar-refractivity contribution in [3.63, 3.8) is 0 Å². The summed E-state index contributed by atoms with van der Waals surface area (Å²) in [4.78, 5) is 11.8. The highest BCUT2D eigenvalue weighted by atomic mass is 16.1. The Bertz CT molecular complexity index is 575. The minimum absolute atomic E-state index is 0.146. The fraction of sp³-hybridized carbons (Fsp3) is 0.167. The van der Waals surface area contributed by atoms with Crippen LogP contribution in [0.1, 0.15) is 10.4 Å². The molecule has 1 heterocycles. The molecule has 0 bridgehead atoms. The zero-order valence-corrected chi connectivity index (χ0v) is 10.00. The van der Waals surface area contributed by atoms with Crippen LogP contribution in [0.4, 0.5) is 0 Å². The molecule has 92 valence electrons. The van der Waals surface area contributed by atoms with Gasteiger partial charge in [0.2, 0.25) is 0 Å². The molecule has 0 saturated heterocycles. The molecule has 6 nitrogen and oxygen atoms in total. The lowest BCUT2D eigenvalue weighted by Crippen LogP contribution is -2.23. The summed E-state index contributed by atoms with van der Waals surface area (Å²) in [6.45, 7) is 3.99. The number of benzene rings is 1. The number of tetrazole rings is 1. The molecule has 0 aliphatic heterocycles. The molecule has 18 heavy (non-hydrogen) atoms. The zero-order valence-electron chi connectivity index (χ0n) is 10.00. The molecule has 1 N–H and O–H groups in total. The van der Waals surface area contributed by atoms with E-state index in [1.54, 1.807) is 36.0 Å². The molecule has 0 aliphatic carbocycles. The summed E-state index contributed by atoms with van der Waals surface area (Å²) < 4.78 is 1.56. The highest BCUT2D eigenvalue weighted by molar-refractivity contribution is 5.95. The summed E-state index contributed by atoms with van der Waals surface area (Å²) >= 11 is 0. The molecule has 0 saturated carbocycles. The first-order chi connectivity index (χ1) is 8.72.